The smallest absolute Gasteiger partial charge is 0.255 e. The largest absolute Gasteiger partial charge is 0.398 e. The van der Waals surface area contributed by atoms with Crippen molar-refractivity contribution in [2.24, 2.45) is 0 Å². The number of halogens is 3. The SMILES string of the molecule is CN(Cc1cc(Cl)cc(Cl)c1)C(=O)c1ccc(Br)cc1N. The molecule has 21 heavy (non-hydrogen) atoms. The van der Waals surface area contributed by atoms with Crippen molar-refractivity contribution in [1.82, 2.24) is 4.90 Å². The first-order valence-electron chi connectivity index (χ1n) is 6.12. The van der Waals surface area contributed by atoms with Crippen molar-refractivity contribution in [2.45, 2.75) is 6.54 Å². The maximum atomic E-state index is 12.4. The molecular formula is C15H13BrCl2N2O. The quantitative estimate of drug-likeness (QED) is 0.781. The van der Waals surface area contributed by atoms with Crippen LogP contribution in [0, 0.1) is 0 Å². The Labute approximate surface area is 141 Å². The summed E-state index contributed by atoms with van der Waals surface area (Å²) in [7, 11) is 1.71. The fourth-order valence-electron chi connectivity index (χ4n) is 1.98. The fourth-order valence-corrected chi connectivity index (χ4v) is 2.93. The Morgan fingerprint density at radius 1 is 1.19 bits per heavy atom. The number of rotatable bonds is 3. The minimum Gasteiger partial charge on any atom is -0.398 e. The van der Waals surface area contributed by atoms with E-state index < -0.39 is 0 Å². The first-order valence-corrected chi connectivity index (χ1v) is 7.67. The molecule has 0 aliphatic carbocycles. The van der Waals surface area contributed by atoms with Gasteiger partial charge in [-0.05, 0) is 42.0 Å². The highest BCUT2D eigenvalue weighted by molar-refractivity contribution is 9.10. The molecule has 0 saturated carbocycles. The molecule has 2 N–H and O–H groups in total. The van der Waals surface area contributed by atoms with Gasteiger partial charge in [-0.15, -0.1) is 0 Å². The predicted octanol–water partition coefficient (Wildman–Crippen LogP) is 4.61. The van der Waals surface area contributed by atoms with E-state index in [4.69, 9.17) is 28.9 Å². The summed E-state index contributed by atoms with van der Waals surface area (Å²) < 4.78 is 0.834. The molecule has 0 radical (unpaired) electrons. The van der Waals surface area contributed by atoms with Gasteiger partial charge in [0.25, 0.3) is 5.91 Å². The van der Waals surface area contributed by atoms with Gasteiger partial charge in [0.1, 0.15) is 0 Å². The maximum absolute atomic E-state index is 12.4. The monoisotopic (exact) mass is 386 g/mol. The van der Waals surface area contributed by atoms with Crippen molar-refractivity contribution in [3.05, 3.63) is 62.0 Å². The molecule has 110 valence electrons. The van der Waals surface area contributed by atoms with Crippen LogP contribution in [0.4, 0.5) is 5.69 Å². The molecule has 0 spiro atoms. The van der Waals surface area contributed by atoms with Gasteiger partial charge in [0.05, 0.1) is 5.56 Å². The minimum absolute atomic E-state index is 0.156. The third kappa shape index (κ3) is 4.13. The van der Waals surface area contributed by atoms with Gasteiger partial charge < -0.3 is 10.6 Å². The van der Waals surface area contributed by atoms with Gasteiger partial charge in [-0.1, -0.05) is 39.1 Å². The molecule has 0 fully saturated rings. The van der Waals surface area contributed by atoms with Crippen LogP contribution in [0.2, 0.25) is 10.0 Å². The van der Waals surface area contributed by atoms with Crippen molar-refractivity contribution < 1.29 is 4.79 Å². The second-order valence-electron chi connectivity index (χ2n) is 4.67. The summed E-state index contributed by atoms with van der Waals surface area (Å²) in [6.07, 6.45) is 0. The average molecular weight is 388 g/mol. The van der Waals surface area contributed by atoms with E-state index in [1.165, 1.54) is 0 Å². The zero-order valence-corrected chi connectivity index (χ0v) is 14.3. The van der Waals surface area contributed by atoms with Crippen molar-refractivity contribution in [3.8, 4) is 0 Å². The van der Waals surface area contributed by atoms with Crippen molar-refractivity contribution in [3.63, 3.8) is 0 Å². The van der Waals surface area contributed by atoms with Crippen LogP contribution in [0.1, 0.15) is 15.9 Å². The summed E-state index contributed by atoms with van der Waals surface area (Å²) in [6.45, 7) is 0.397. The molecule has 6 heteroatoms. The number of hydrogen-bond donors (Lipinski definition) is 1. The first kappa shape index (κ1) is 16.1. The van der Waals surface area contributed by atoms with Crippen LogP contribution in [0.3, 0.4) is 0 Å². The maximum Gasteiger partial charge on any atom is 0.255 e. The average Bonchev–Trinajstić information content (AvgIpc) is 2.36. The van der Waals surface area contributed by atoms with Gasteiger partial charge in [0, 0.05) is 33.8 Å². The van der Waals surface area contributed by atoms with Crippen LogP contribution < -0.4 is 5.73 Å². The van der Waals surface area contributed by atoms with Gasteiger partial charge in [-0.25, -0.2) is 0 Å². The number of nitrogens with two attached hydrogens (primary N) is 1. The van der Waals surface area contributed by atoms with E-state index in [0.29, 0.717) is 27.8 Å². The normalized spacial score (nSPS) is 10.5. The summed E-state index contributed by atoms with van der Waals surface area (Å²) >= 11 is 15.2. The number of nitrogens with zero attached hydrogens (tertiary/aromatic N) is 1. The fraction of sp³-hybridized carbons (Fsp3) is 0.133. The van der Waals surface area contributed by atoms with E-state index in [1.807, 2.05) is 0 Å². The highest BCUT2D eigenvalue weighted by Crippen LogP contribution is 2.22. The van der Waals surface area contributed by atoms with Crippen LogP contribution in [-0.2, 0) is 6.54 Å². The van der Waals surface area contributed by atoms with Crippen LogP contribution in [0.25, 0.3) is 0 Å². The van der Waals surface area contributed by atoms with Gasteiger partial charge in [0.2, 0.25) is 0 Å². The number of carbonyl (C=O) groups excluding carboxylic acids is 1. The third-order valence-corrected chi connectivity index (χ3v) is 3.86. The molecule has 0 aliphatic heterocycles. The molecule has 0 atom stereocenters. The lowest BCUT2D eigenvalue weighted by Gasteiger charge is -2.18. The van der Waals surface area contributed by atoms with Crippen LogP contribution >= 0.6 is 39.1 Å². The summed E-state index contributed by atoms with van der Waals surface area (Å²) in [6, 6.07) is 10.4. The van der Waals surface area contributed by atoms with E-state index in [1.54, 1.807) is 48.3 Å². The molecule has 1 amide bonds. The zero-order chi connectivity index (χ0) is 15.6. The topological polar surface area (TPSA) is 46.3 Å². The second-order valence-corrected chi connectivity index (χ2v) is 6.46. The van der Waals surface area contributed by atoms with Gasteiger partial charge in [-0.3, -0.25) is 4.79 Å². The Balaban J connectivity index is 2.19. The number of hydrogen-bond acceptors (Lipinski definition) is 2. The molecule has 0 saturated heterocycles. The molecule has 0 heterocycles. The highest BCUT2D eigenvalue weighted by atomic mass is 79.9. The number of anilines is 1. The van der Waals surface area contributed by atoms with Gasteiger partial charge in [-0.2, -0.15) is 0 Å². The van der Waals surface area contributed by atoms with Crippen molar-refractivity contribution in [1.29, 1.82) is 0 Å². The Kier molecular flexibility index (Phi) is 5.14. The standard InChI is InChI=1S/C15H13BrCl2N2O/c1-20(8-9-4-11(17)7-12(18)5-9)15(21)13-3-2-10(16)6-14(13)19/h2-7H,8,19H2,1H3. The number of nitrogen functional groups attached to an aromatic ring is 1. The van der Waals surface area contributed by atoms with Crippen LogP contribution in [-0.4, -0.2) is 17.9 Å². The van der Waals surface area contributed by atoms with E-state index in [9.17, 15) is 4.79 Å². The zero-order valence-electron chi connectivity index (χ0n) is 11.2. The molecule has 2 rings (SSSR count). The molecule has 0 aliphatic rings. The Bertz CT molecular complexity index is 671. The lowest BCUT2D eigenvalue weighted by atomic mass is 10.1. The van der Waals surface area contributed by atoms with E-state index >= 15 is 0 Å². The minimum atomic E-state index is -0.156. The summed E-state index contributed by atoms with van der Waals surface area (Å²) in [4.78, 5) is 14.0. The predicted molar refractivity (Wildman–Crippen MR) is 90.8 cm³/mol. The summed E-state index contributed by atoms with van der Waals surface area (Å²) in [5.74, 6) is -0.156. The molecule has 0 bridgehead atoms. The number of amides is 1. The van der Waals surface area contributed by atoms with Gasteiger partial charge >= 0.3 is 0 Å². The van der Waals surface area contributed by atoms with Crippen molar-refractivity contribution >= 4 is 50.7 Å². The molecule has 2 aromatic carbocycles. The van der Waals surface area contributed by atoms with E-state index in [-0.39, 0.29) is 5.91 Å². The summed E-state index contributed by atoms with van der Waals surface area (Å²) in [5.41, 5.74) is 7.64. The second kappa shape index (κ2) is 6.69. The third-order valence-electron chi connectivity index (χ3n) is 2.93. The first-order chi connectivity index (χ1) is 9.86. The molecule has 2 aromatic rings. The molecule has 0 unspecified atom stereocenters. The Morgan fingerprint density at radius 2 is 1.81 bits per heavy atom. The van der Waals surface area contributed by atoms with Gasteiger partial charge in [0.15, 0.2) is 0 Å². The Hall–Kier alpha value is -1.23. The molecule has 3 nitrogen and oxygen atoms in total. The summed E-state index contributed by atoms with van der Waals surface area (Å²) in [5, 5.41) is 1.09. The molecular weight excluding hydrogens is 375 g/mol. The van der Waals surface area contributed by atoms with E-state index in [0.717, 1.165) is 10.0 Å². The van der Waals surface area contributed by atoms with E-state index in [2.05, 4.69) is 15.9 Å². The highest BCUT2D eigenvalue weighted by Gasteiger charge is 2.15. The van der Waals surface area contributed by atoms with Crippen molar-refractivity contribution in [2.75, 3.05) is 12.8 Å². The van der Waals surface area contributed by atoms with Crippen LogP contribution in [0.5, 0.6) is 0 Å². The number of benzene rings is 2. The molecule has 0 aromatic heterocycles. The number of carbonyl (C=O) groups is 1. The van der Waals surface area contributed by atoms with Crippen LogP contribution in [0.15, 0.2) is 40.9 Å². The Morgan fingerprint density at radius 3 is 2.38 bits per heavy atom. The lowest BCUT2D eigenvalue weighted by molar-refractivity contribution is 0.0786. The lowest BCUT2D eigenvalue weighted by Crippen LogP contribution is -2.27.